The number of rotatable bonds is 5. The summed E-state index contributed by atoms with van der Waals surface area (Å²) in [6.07, 6.45) is 1.51. The van der Waals surface area contributed by atoms with Gasteiger partial charge in [-0.05, 0) is 48.7 Å². The quantitative estimate of drug-likeness (QED) is 0.270. The van der Waals surface area contributed by atoms with Gasteiger partial charge in [0, 0.05) is 41.8 Å². The van der Waals surface area contributed by atoms with Crippen molar-refractivity contribution in [2.75, 3.05) is 18.8 Å². The molecule has 0 amide bonds. The van der Waals surface area contributed by atoms with Gasteiger partial charge in [0.25, 0.3) is 0 Å². The van der Waals surface area contributed by atoms with Crippen LogP contribution >= 0.6 is 0 Å². The van der Waals surface area contributed by atoms with E-state index in [2.05, 4.69) is 22.0 Å². The molecule has 33 heavy (non-hydrogen) atoms. The Labute approximate surface area is 193 Å². The van der Waals surface area contributed by atoms with Crippen molar-refractivity contribution in [2.45, 2.75) is 25.5 Å². The van der Waals surface area contributed by atoms with Gasteiger partial charge >= 0.3 is 0 Å². The topological polar surface area (TPSA) is 97.9 Å². The van der Waals surface area contributed by atoms with E-state index in [-0.39, 0.29) is 12.0 Å². The Morgan fingerprint density at radius 2 is 1.73 bits per heavy atom. The van der Waals surface area contributed by atoms with Crippen LogP contribution in [0.25, 0.3) is 10.9 Å². The summed E-state index contributed by atoms with van der Waals surface area (Å²) in [6.45, 7) is 2.70. The van der Waals surface area contributed by atoms with Crippen LogP contribution in [0.3, 0.4) is 0 Å². The van der Waals surface area contributed by atoms with Gasteiger partial charge in [-0.1, -0.05) is 42.5 Å². The number of hydrogen-bond donors (Lipinski definition) is 4. The maximum Gasteiger partial charge on any atom is 0.199 e. The minimum Gasteiger partial charge on any atom is -0.494 e. The van der Waals surface area contributed by atoms with E-state index in [4.69, 9.17) is 10.7 Å². The van der Waals surface area contributed by atoms with E-state index < -0.39 is 0 Å². The van der Waals surface area contributed by atoms with E-state index in [1.54, 1.807) is 0 Å². The van der Waals surface area contributed by atoms with E-state index >= 15 is 0 Å². The Bertz CT molecular complexity index is 1270. The van der Waals surface area contributed by atoms with Gasteiger partial charge in [0.1, 0.15) is 0 Å². The molecule has 4 aromatic rings. The van der Waals surface area contributed by atoms with E-state index in [9.17, 15) is 10.2 Å². The van der Waals surface area contributed by atoms with Crippen LogP contribution in [0, 0.1) is 0 Å². The number of aliphatic hydroxyl groups excluding tert-OH is 1. The van der Waals surface area contributed by atoms with Crippen LogP contribution in [0.4, 0.5) is 11.4 Å². The van der Waals surface area contributed by atoms with Crippen molar-refractivity contribution in [1.29, 1.82) is 0 Å². The van der Waals surface area contributed by atoms with Crippen molar-refractivity contribution in [3.05, 3.63) is 89.5 Å². The number of aliphatic hydroxyl groups is 1. The first-order valence-corrected chi connectivity index (χ1v) is 11.3. The second-order valence-electron chi connectivity index (χ2n) is 8.65. The number of piperidine rings is 1. The van der Waals surface area contributed by atoms with Crippen LogP contribution in [-0.4, -0.2) is 45.0 Å². The van der Waals surface area contributed by atoms with Gasteiger partial charge in [0.2, 0.25) is 0 Å². The lowest BCUT2D eigenvalue weighted by atomic mass is 10.0. The molecule has 0 spiro atoms. The maximum absolute atomic E-state index is 10.8. The molecule has 0 unspecified atom stereocenters. The number of nitrogens with two attached hydrogens (primary N) is 1. The van der Waals surface area contributed by atoms with Gasteiger partial charge in [0.05, 0.1) is 23.1 Å². The summed E-state index contributed by atoms with van der Waals surface area (Å²) in [4.78, 5) is 10.4. The van der Waals surface area contributed by atoms with Crippen LogP contribution in [-0.2, 0) is 6.54 Å². The number of aromatic amines is 1. The predicted octanol–water partition coefficient (Wildman–Crippen LogP) is 4.58. The Morgan fingerprint density at radius 1 is 1.00 bits per heavy atom. The lowest BCUT2D eigenvalue weighted by Crippen LogP contribution is -2.35. The number of anilines is 1. The molecule has 6 heteroatoms. The molecule has 1 aliphatic heterocycles. The average molecular weight is 441 g/mol. The molecule has 1 fully saturated rings. The molecule has 1 aliphatic rings. The number of aromatic nitrogens is 1. The number of nitrogen functional groups attached to an aromatic ring is 1. The molecular formula is C27H28N4O2. The SMILES string of the molecule is Nc1ccc2[nH]c(O)c(C(=Nc3ccc(CN4CCC(O)CC4)cc3)c3ccccc3)c2c1. The highest BCUT2D eigenvalue weighted by atomic mass is 16.3. The molecule has 168 valence electrons. The van der Waals surface area contributed by atoms with Crippen molar-refractivity contribution in [1.82, 2.24) is 9.88 Å². The zero-order chi connectivity index (χ0) is 22.8. The van der Waals surface area contributed by atoms with Crippen LogP contribution in [0.2, 0.25) is 0 Å². The molecule has 6 nitrogen and oxygen atoms in total. The lowest BCUT2D eigenvalue weighted by molar-refractivity contribution is 0.0792. The second-order valence-corrected chi connectivity index (χ2v) is 8.65. The van der Waals surface area contributed by atoms with E-state index in [0.717, 1.165) is 54.6 Å². The first-order chi connectivity index (χ1) is 16.1. The van der Waals surface area contributed by atoms with Gasteiger partial charge in [-0.2, -0.15) is 0 Å². The minimum atomic E-state index is -0.161. The monoisotopic (exact) mass is 440 g/mol. The average Bonchev–Trinajstić information content (AvgIpc) is 3.15. The largest absolute Gasteiger partial charge is 0.494 e. The molecule has 0 bridgehead atoms. The highest BCUT2D eigenvalue weighted by Gasteiger charge is 2.19. The molecule has 0 radical (unpaired) electrons. The van der Waals surface area contributed by atoms with Crippen molar-refractivity contribution in [2.24, 2.45) is 4.99 Å². The fraction of sp³-hybridized carbons (Fsp3) is 0.222. The zero-order valence-corrected chi connectivity index (χ0v) is 18.4. The summed E-state index contributed by atoms with van der Waals surface area (Å²) in [6, 6.07) is 23.6. The molecule has 5 N–H and O–H groups in total. The second kappa shape index (κ2) is 9.10. The van der Waals surface area contributed by atoms with E-state index in [1.807, 2.05) is 60.7 Å². The Morgan fingerprint density at radius 3 is 2.45 bits per heavy atom. The number of likely N-dealkylation sites (tertiary alicyclic amines) is 1. The zero-order valence-electron chi connectivity index (χ0n) is 18.4. The summed E-state index contributed by atoms with van der Waals surface area (Å²) in [5.41, 5.74) is 11.7. The number of nitrogens with zero attached hydrogens (tertiary/aromatic N) is 2. The predicted molar refractivity (Wildman–Crippen MR) is 133 cm³/mol. The molecule has 2 heterocycles. The number of aromatic hydroxyl groups is 1. The molecule has 5 rings (SSSR count). The third-order valence-corrected chi connectivity index (χ3v) is 6.23. The van der Waals surface area contributed by atoms with Crippen LogP contribution in [0.15, 0.2) is 77.8 Å². The van der Waals surface area contributed by atoms with Crippen LogP contribution in [0.5, 0.6) is 5.88 Å². The number of H-pyrrole nitrogens is 1. The third-order valence-electron chi connectivity index (χ3n) is 6.23. The molecule has 0 aliphatic carbocycles. The molecule has 0 atom stereocenters. The van der Waals surface area contributed by atoms with Crippen molar-refractivity contribution in [3.8, 4) is 5.88 Å². The standard InChI is InChI=1S/C27H28N4O2/c28-20-8-11-24-23(16-20)25(27(33)30-24)26(19-4-2-1-3-5-19)29-21-9-6-18(7-10-21)17-31-14-12-22(32)13-15-31/h1-11,16,22,30,32-33H,12-15,17,28H2. The van der Waals surface area contributed by atoms with E-state index in [1.165, 1.54) is 5.56 Å². The Kier molecular flexibility index (Phi) is 5.86. The molecule has 1 aromatic heterocycles. The van der Waals surface area contributed by atoms with Gasteiger partial charge < -0.3 is 20.9 Å². The van der Waals surface area contributed by atoms with Gasteiger partial charge in [-0.3, -0.25) is 4.90 Å². The van der Waals surface area contributed by atoms with Crippen LogP contribution < -0.4 is 5.73 Å². The fourth-order valence-electron chi connectivity index (χ4n) is 4.44. The molecule has 0 saturated carbocycles. The number of benzene rings is 3. The molecule has 3 aromatic carbocycles. The molecule has 1 saturated heterocycles. The van der Waals surface area contributed by atoms with Gasteiger partial charge in [-0.25, -0.2) is 4.99 Å². The number of hydrogen-bond acceptors (Lipinski definition) is 5. The first kappa shape index (κ1) is 21.2. The van der Waals surface area contributed by atoms with Crippen molar-refractivity contribution < 1.29 is 10.2 Å². The Hall–Kier alpha value is -3.61. The number of nitrogens with one attached hydrogen (secondary N) is 1. The highest BCUT2D eigenvalue weighted by Crippen LogP contribution is 2.32. The normalized spacial score (nSPS) is 15.8. The number of aliphatic imine (C=N–C) groups is 1. The van der Waals surface area contributed by atoms with E-state index in [0.29, 0.717) is 17.0 Å². The molecular weight excluding hydrogens is 412 g/mol. The summed E-state index contributed by atoms with van der Waals surface area (Å²) in [5.74, 6) is 0.0714. The van der Waals surface area contributed by atoms with Gasteiger partial charge in [-0.15, -0.1) is 0 Å². The summed E-state index contributed by atoms with van der Waals surface area (Å²) >= 11 is 0. The minimum absolute atomic E-state index is 0.0714. The van der Waals surface area contributed by atoms with Crippen molar-refractivity contribution in [3.63, 3.8) is 0 Å². The summed E-state index contributed by atoms with van der Waals surface area (Å²) < 4.78 is 0. The first-order valence-electron chi connectivity index (χ1n) is 11.3. The summed E-state index contributed by atoms with van der Waals surface area (Å²) in [5, 5.41) is 21.3. The van der Waals surface area contributed by atoms with Crippen molar-refractivity contribution >= 4 is 28.0 Å². The maximum atomic E-state index is 10.8. The smallest absolute Gasteiger partial charge is 0.199 e. The highest BCUT2D eigenvalue weighted by molar-refractivity contribution is 6.22. The van der Waals surface area contributed by atoms with Crippen LogP contribution in [0.1, 0.15) is 29.5 Å². The summed E-state index contributed by atoms with van der Waals surface area (Å²) in [7, 11) is 0. The number of fused-ring (bicyclic) bond motifs is 1. The third kappa shape index (κ3) is 4.62. The van der Waals surface area contributed by atoms with Gasteiger partial charge in [0.15, 0.2) is 5.88 Å². The fourth-order valence-corrected chi connectivity index (χ4v) is 4.44. The lowest BCUT2D eigenvalue weighted by Gasteiger charge is -2.29. The Balaban J connectivity index is 1.50.